The van der Waals surface area contributed by atoms with Gasteiger partial charge in [0.1, 0.15) is 13.2 Å². The van der Waals surface area contributed by atoms with E-state index in [1.807, 2.05) is 12.1 Å². The van der Waals surface area contributed by atoms with Gasteiger partial charge >= 0.3 is 0 Å². The van der Waals surface area contributed by atoms with Crippen LogP contribution in [0.2, 0.25) is 0 Å². The van der Waals surface area contributed by atoms with Gasteiger partial charge in [-0.25, -0.2) is 0 Å². The van der Waals surface area contributed by atoms with E-state index < -0.39 is 7.14 Å². The summed E-state index contributed by atoms with van der Waals surface area (Å²) < 4.78 is 11.9. The van der Waals surface area contributed by atoms with Crippen molar-refractivity contribution in [1.29, 1.82) is 5.26 Å². The molecule has 0 bridgehead atoms. The maximum absolute atomic E-state index is 11.9. The van der Waals surface area contributed by atoms with Crippen molar-refractivity contribution >= 4 is 18.1 Å². The highest BCUT2D eigenvalue weighted by Gasteiger charge is 2.13. The van der Waals surface area contributed by atoms with E-state index in [0.717, 1.165) is 30.4 Å². The Morgan fingerprint density at radius 2 is 1.90 bits per heavy atom. The molecule has 1 N–H and O–H groups in total. The zero-order chi connectivity index (χ0) is 15.6. The molecule has 1 rings (SSSR count). The van der Waals surface area contributed by atoms with Crippen molar-refractivity contribution in [2.75, 3.05) is 25.2 Å². The van der Waals surface area contributed by atoms with Gasteiger partial charge in [-0.2, -0.15) is 5.26 Å². The van der Waals surface area contributed by atoms with E-state index >= 15 is 0 Å². The van der Waals surface area contributed by atoms with Gasteiger partial charge in [0.25, 0.3) is 0 Å². The van der Waals surface area contributed by atoms with Gasteiger partial charge in [-0.3, -0.25) is 0 Å². The second kappa shape index (κ2) is 9.61. The van der Waals surface area contributed by atoms with E-state index in [0.29, 0.717) is 5.56 Å². The van der Waals surface area contributed by atoms with E-state index in [1.165, 1.54) is 6.42 Å². The third kappa shape index (κ3) is 6.78. The van der Waals surface area contributed by atoms with Crippen molar-refractivity contribution in [3.05, 3.63) is 23.8 Å². The number of nitriles is 1. The average molecular weight is 296 g/mol. The normalized spacial score (nSPS) is 10.2. The maximum Gasteiger partial charge on any atom is 0.109 e. The second-order valence-corrected chi connectivity index (χ2v) is 8.40. The van der Waals surface area contributed by atoms with Crippen molar-refractivity contribution < 1.29 is 5.99 Å². The van der Waals surface area contributed by atoms with Crippen LogP contribution < -0.4 is 10.6 Å². The lowest BCUT2D eigenvalue weighted by atomic mass is 10.2. The van der Waals surface area contributed by atoms with Crippen molar-refractivity contribution in [1.82, 2.24) is 0 Å². The SMILES string of the molecule is CCC.CCCCNc1ccc(P(C)(C)=O)cc1C#N.[HH]. The zero-order valence-corrected chi connectivity index (χ0v) is 14.3. The molecule has 0 aliphatic rings. The van der Waals surface area contributed by atoms with Crippen molar-refractivity contribution in [3.63, 3.8) is 0 Å². The Morgan fingerprint density at radius 1 is 1.30 bits per heavy atom. The zero-order valence-electron chi connectivity index (χ0n) is 13.4. The molecule has 0 radical (unpaired) electrons. The van der Waals surface area contributed by atoms with Gasteiger partial charge in [-0.05, 0) is 37.9 Å². The molecule has 0 heterocycles. The molecule has 0 unspecified atom stereocenters. The first kappa shape index (κ1) is 18.7. The molecule has 114 valence electrons. The monoisotopic (exact) mass is 296 g/mol. The molecule has 0 fully saturated rings. The van der Waals surface area contributed by atoms with Crippen molar-refractivity contribution in [2.45, 2.75) is 40.0 Å². The molecule has 0 saturated carbocycles. The number of unbranched alkanes of at least 4 members (excludes halogenated alkanes) is 1. The van der Waals surface area contributed by atoms with Crippen molar-refractivity contribution in [2.24, 2.45) is 0 Å². The minimum Gasteiger partial charge on any atom is -0.384 e. The van der Waals surface area contributed by atoms with Crippen LogP contribution in [0, 0.1) is 11.3 Å². The lowest BCUT2D eigenvalue weighted by molar-refractivity contribution is 0.588. The van der Waals surface area contributed by atoms with Crippen LogP contribution in [0.3, 0.4) is 0 Å². The Bertz CT molecular complexity index is 492. The summed E-state index contributed by atoms with van der Waals surface area (Å²) in [6.07, 6.45) is 3.44. The maximum atomic E-state index is 11.9. The molecular weight excluding hydrogens is 267 g/mol. The first-order chi connectivity index (χ1) is 9.40. The third-order valence-corrected chi connectivity index (χ3v) is 4.11. The predicted molar refractivity (Wildman–Crippen MR) is 91.7 cm³/mol. The molecule has 0 amide bonds. The minimum absolute atomic E-state index is 0. The quantitative estimate of drug-likeness (QED) is 0.634. The van der Waals surface area contributed by atoms with Crippen LogP contribution in [0.1, 0.15) is 47.0 Å². The van der Waals surface area contributed by atoms with Gasteiger partial charge in [0, 0.05) is 13.3 Å². The van der Waals surface area contributed by atoms with E-state index in [9.17, 15) is 4.57 Å². The van der Waals surface area contributed by atoms with Crippen LogP contribution in [-0.4, -0.2) is 19.9 Å². The number of hydrogen-bond acceptors (Lipinski definition) is 3. The summed E-state index contributed by atoms with van der Waals surface area (Å²) in [6, 6.07) is 7.58. The lowest BCUT2D eigenvalue weighted by Crippen LogP contribution is -2.08. The van der Waals surface area contributed by atoms with Crippen LogP contribution in [0.5, 0.6) is 0 Å². The Kier molecular flexibility index (Phi) is 9.01. The first-order valence-electron chi connectivity index (χ1n) is 7.24. The van der Waals surface area contributed by atoms with Gasteiger partial charge in [0.2, 0.25) is 0 Å². The summed E-state index contributed by atoms with van der Waals surface area (Å²) in [5.74, 6) is 0. The topological polar surface area (TPSA) is 52.9 Å². The fourth-order valence-corrected chi connectivity index (χ4v) is 2.39. The molecule has 3 nitrogen and oxygen atoms in total. The average Bonchev–Trinajstić information content (AvgIpc) is 2.39. The summed E-state index contributed by atoms with van der Waals surface area (Å²) in [7, 11) is -2.29. The molecule has 0 aliphatic heterocycles. The fourth-order valence-electron chi connectivity index (χ4n) is 1.51. The smallest absolute Gasteiger partial charge is 0.109 e. The predicted octanol–water partition coefficient (Wildman–Crippen LogP) is 4.68. The summed E-state index contributed by atoms with van der Waals surface area (Å²) >= 11 is 0. The lowest BCUT2D eigenvalue weighted by Gasteiger charge is -2.11. The fraction of sp³-hybridized carbons (Fsp3) is 0.562. The molecular formula is C16H29N2OP. The van der Waals surface area contributed by atoms with Crippen LogP contribution in [0.15, 0.2) is 18.2 Å². The third-order valence-electron chi connectivity index (χ3n) is 2.59. The van der Waals surface area contributed by atoms with Crippen LogP contribution >= 0.6 is 7.14 Å². The van der Waals surface area contributed by atoms with Crippen LogP contribution in [-0.2, 0) is 4.57 Å². The minimum atomic E-state index is -2.29. The highest BCUT2D eigenvalue weighted by atomic mass is 31.2. The Hall–Kier alpha value is -1.26. The van der Waals surface area contributed by atoms with E-state index in [1.54, 1.807) is 19.4 Å². The van der Waals surface area contributed by atoms with Crippen LogP contribution in [0.4, 0.5) is 5.69 Å². The number of hydrogen-bond donors (Lipinski definition) is 1. The number of anilines is 1. The number of rotatable bonds is 5. The standard InChI is InChI=1S/C13H19N2OP.C3H8.H2/c1-4-5-8-15-13-7-6-12(17(2,3)16)9-11(13)10-14;1-3-2;/h6-7,9,15H,4-5,8H2,1-3H3;3H2,1-2H3;1H. The van der Waals surface area contributed by atoms with Gasteiger partial charge in [0.15, 0.2) is 0 Å². The highest BCUT2D eigenvalue weighted by molar-refractivity contribution is 7.70. The van der Waals surface area contributed by atoms with Crippen molar-refractivity contribution in [3.8, 4) is 6.07 Å². The molecule has 1 aromatic carbocycles. The highest BCUT2D eigenvalue weighted by Crippen LogP contribution is 2.35. The molecule has 4 heteroatoms. The number of nitrogens with one attached hydrogen (secondary N) is 1. The summed E-state index contributed by atoms with van der Waals surface area (Å²) in [4.78, 5) is 0. The molecule has 20 heavy (non-hydrogen) atoms. The summed E-state index contributed by atoms with van der Waals surface area (Å²) in [5.41, 5.74) is 1.40. The van der Waals surface area contributed by atoms with E-state index in [-0.39, 0.29) is 1.43 Å². The Balaban J connectivity index is 0. The number of benzene rings is 1. The molecule has 0 aliphatic carbocycles. The first-order valence-corrected chi connectivity index (χ1v) is 9.84. The number of nitrogens with zero attached hydrogens (tertiary/aromatic N) is 1. The molecule has 0 spiro atoms. The molecule has 1 aromatic rings. The van der Waals surface area contributed by atoms with E-state index in [4.69, 9.17) is 5.26 Å². The molecule has 0 atom stereocenters. The van der Waals surface area contributed by atoms with Gasteiger partial charge in [-0.15, -0.1) is 0 Å². The molecule has 0 aromatic heterocycles. The van der Waals surface area contributed by atoms with Gasteiger partial charge in [0.05, 0.1) is 11.3 Å². The van der Waals surface area contributed by atoms with Crippen LogP contribution in [0.25, 0.3) is 0 Å². The van der Waals surface area contributed by atoms with Gasteiger partial charge < -0.3 is 9.88 Å². The summed E-state index contributed by atoms with van der Waals surface area (Å²) in [5, 5.41) is 13.1. The Morgan fingerprint density at radius 3 is 2.35 bits per heavy atom. The Labute approximate surface area is 125 Å². The van der Waals surface area contributed by atoms with E-state index in [2.05, 4.69) is 32.2 Å². The summed E-state index contributed by atoms with van der Waals surface area (Å²) in [6.45, 7) is 10.7. The largest absolute Gasteiger partial charge is 0.384 e. The second-order valence-electron chi connectivity index (χ2n) is 5.18. The van der Waals surface area contributed by atoms with Gasteiger partial charge in [-0.1, -0.05) is 33.6 Å². The molecule has 0 saturated heterocycles.